The molecule has 1 amide bonds. The lowest BCUT2D eigenvalue weighted by atomic mass is 9.67. The topological polar surface area (TPSA) is 72.7 Å². The van der Waals surface area contributed by atoms with Crippen LogP contribution in [0.4, 0.5) is 5.69 Å². The molecule has 0 bridgehead atoms. The maximum Gasteiger partial charge on any atom is 0.334 e. The van der Waals surface area contributed by atoms with E-state index in [1.54, 1.807) is 13.1 Å². The molecule has 1 aliphatic heterocycles. The highest BCUT2D eigenvalue weighted by Gasteiger charge is 2.67. The molecule has 0 spiro atoms. The quantitative estimate of drug-likeness (QED) is 0.472. The van der Waals surface area contributed by atoms with Gasteiger partial charge in [-0.05, 0) is 18.1 Å². The van der Waals surface area contributed by atoms with E-state index >= 15 is 0 Å². The number of anilines is 1. The van der Waals surface area contributed by atoms with Crippen molar-refractivity contribution in [2.24, 2.45) is 0 Å². The first-order chi connectivity index (χ1) is 10.0. The zero-order valence-corrected chi connectivity index (χ0v) is 11.9. The molecule has 21 heavy (non-hydrogen) atoms. The van der Waals surface area contributed by atoms with E-state index in [9.17, 15) is 14.9 Å². The van der Waals surface area contributed by atoms with Crippen LogP contribution >= 0.6 is 0 Å². The van der Waals surface area contributed by atoms with Gasteiger partial charge in [0.05, 0.1) is 5.92 Å². The van der Waals surface area contributed by atoms with Crippen LogP contribution in [-0.4, -0.2) is 36.6 Å². The van der Waals surface area contributed by atoms with E-state index in [4.69, 9.17) is 4.74 Å². The summed E-state index contributed by atoms with van der Waals surface area (Å²) in [6.45, 7) is 0. The Hall–Kier alpha value is -2.21. The number of allylic oxidation sites excluding steroid dienone is 1. The van der Waals surface area contributed by atoms with Crippen molar-refractivity contribution in [1.29, 1.82) is 0 Å². The van der Waals surface area contributed by atoms with Gasteiger partial charge in [-0.1, -0.05) is 30.4 Å². The number of fused-ring (bicyclic) bond motifs is 3. The van der Waals surface area contributed by atoms with Gasteiger partial charge in [-0.25, -0.2) is 0 Å². The first-order valence-corrected chi connectivity index (χ1v) is 6.76. The molecule has 0 fully saturated rings. The van der Waals surface area contributed by atoms with Crippen molar-refractivity contribution >= 4 is 11.6 Å². The summed E-state index contributed by atoms with van der Waals surface area (Å²) in [4.78, 5) is 25.6. The minimum Gasteiger partial charge on any atom is -0.369 e. The zero-order chi connectivity index (χ0) is 15.2. The van der Waals surface area contributed by atoms with Crippen LogP contribution in [0.2, 0.25) is 0 Å². The fourth-order valence-electron chi connectivity index (χ4n) is 3.53. The molecule has 1 aromatic carbocycles. The summed E-state index contributed by atoms with van der Waals surface area (Å²) in [5, 5.41) is 11.9. The number of carbonyl (C=O) groups is 1. The number of nitrogens with zero attached hydrogens (tertiary/aromatic N) is 2. The van der Waals surface area contributed by atoms with Crippen LogP contribution in [0.15, 0.2) is 36.4 Å². The summed E-state index contributed by atoms with van der Waals surface area (Å²) in [7, 11) is 2.98. The summed E-state index contributed by atoms with van der Waals surface area (Å²) < 4.78 is 5.28. The molecular formula is C15H16N2O4. The number of ether oxygens (including phenoxy) is 1. The number of rotatable bonds is 2. The van der Waals surface area contributed by atoms with Gasteiger partial charge >= 0.3 is 11.4 Å². The molecule has 6 heteroatoms. The van der Waals surface area contributed by atoms with Crippen LogP contribution < -0.4 is 4.90 Å². The molecule has 1 aliphatic carbocycles. The van der Waals surface area contributed by atoms with Gasteiger partial charge in [-0.15, -0.1) is 0 Å². The lowest BCUT2D eigenvalue weighted by molar-refractivity contribution is -0.568. The second-order valence-electron chi connectivity index (χ2n) is 5.38. The summed E-state index contributed by atoms with van der Waals surface area (Å²) in [6.07, 6.45) is 3.07. The van der Waals surface area contributed by atoms with Gasteiger partial charge in [-0.2, -0.15) is 0 Å². The molecule has 6 nitrogen and oxygen atoms in total. The van der Waals surface area contributed by atoms with E-state index < -0.39 is 28.4 Å². The number of hydrogen-bond donors (Lipinski definition) is 0. The maximum absolute atomic E-state index is 12.8. The molecule has 0 unspecified atom stereocenters. The lowest BCUT2D eigenvalue weighted by Crippen LogP contribution is -2.66. The van der Waals surface area contributed by atoms with Crippen molar-refractivity contribution in [1.82, 2.24) is 0 Å². The number of hydrogen-bond acceptors (Lipinski definition) is 4. The Morgan fingerprint density at radius 3 is 2.81 bits per heavy atom. The molecule has 0 saturated carbocycles. The molecule has 3 atom stereocenters. The third-order valence-electron chi connectivity index (χ3n) is 4.52. The second kappa shape index (κ2) is 4.66. The number of benzene rings is 1. The fourth-order valence-corrected chi connectivity index (χ4v) is 3.53. The standard InChI is InChI=1S/C15H16N2O4/c1-16-12-8-4-3-6-10(12)11-7-5-9-13(21-2)15(11,14(16)18)17(19)20/h3-6,8-9,11,13H,7H2,1-2H3/t11-,13+,15-/m0/s1. The SMILES string of the molecule is CO[C@@H]1C=CC[C@H]2c3ccccc3N(C)C(=O)[C@@]12[N+](=O)[O-]. The monoisotopic (exact) mass is 288 g/mol. The predicted molar refractivity (Wildman–Crippen MR) is 76.9 cm³/mol. The van der Waals surface area contributed by atoms with Crippen molar-refractivity contribution in [3.05, 3.63) is 52.1 Å². The molecule has 2 aliphatic rings. The predicted octanol–water partition coefficient (Wildman–Crippen LogP) is 1.74. The van der Waals surface area contributed by atoms with Crippen molar-refractivity contribution in [2.45, 2.75) is 24.0 Å². The van der Waals surface area contributed by atoms with Crippen LogP contribution in [0.3, 0.4) is 0 Å². The summed E-state index contributed by atoms with van der Waals surface area (Å²) in [5.41, 5.74) is -0.232. The third-order valence-corrected chi connectivity index (χ3v) is 4.52. The van der Waals surface area contributed by atoms with Gasteiger partial charge in [0.15, 0.2) is 6.10 Å². The number of nitro groups is 1. The normalized spacial score (nSPS) is 30.8. The third kappa shape index (κ3) is 1.59. The zero-order valence-electron chi connectivity index (χ0n) is 11.9. The Labute approximate surface area is 122 Å². The highest BCUT2D eigenvalue weighted by Crippen LogP contribution is 2.49. The Kier molecular flexibility index (Phi) is 3.06. The number of amides is 1. The lowest BCUT2D eigenvalue weighted by Gasteiger charge is -2.44. The Morgan fingerprint density at radius 1 is 1.43 bits per heavy atom. The van der Waals surface area contributed by atoms with Gasteiger partial charge in [0.1, 0.15) is 0 Å². The first-order valence-electron chi connectivity index (χ1n) is 6.76. The maximum atomic E-state index is 12.8. The molecular weight excluding hydrogens is 272 g/mol. The van der Waals surface area contributed by atoms with Crippen molar-refractivity contribution in [3.8, 4) is 0 Å². The van der Waals surface area contributed by atoms with E-state index in [0.717, 1.165) is 11.3 Å². The smallest absolute Gasteiger partial charge is 0.334 e. The summed E-state index contributed by atoms with van der Waals surface area (Å²) in [5.74, 6) is -1.03. The number of para-hydroxylation sites is 1. The van der Waals surface area contributed by atoms with Gasteiger partial charge in [-0.3, -0.25) is 14.9 Å². The van der Waals surface area contributed by atoms with Gasteiger partial charge in [0.25, 0.3) is 0 Å². The Bertz CT molecular complexity index is 642. The Morgan fingerprint density at radius 2 is 2.14 bits per heavy atom. The average Bonchev–Trinajstić information content (AvgIpc) is 2.51. The average molecular weight is 288 g/mol. The van der Waals surface area contributed by atoms with E-state index in [1.165, 1.54) is 12.0 Å². The van der Waals surface area contributed by atoms with E-state index in [-0.39, 0.29) is 0 Å². The molecule has 0 N–H and O–H groups in total. The van der Waals surface area contributed by atoms with Gasteiger partial charge < -0.3 is 9.64 Å². The van der Waals surface area contributed by atoms with E-state index in [2.05, 4.69) is 0 Å². The number of carbonyl (C=O) groups excluding carboxylic acids is 1. The molecule has 1 heterocycles. The molecule has 0 radical (unpaired) electrons. The van der Waals surface area contributed by atoms with Crippen molar-refractivity contribution in [2.75, 3.05) is 19.1 Å². The summed E-state index contributed by atoms with van der Waals surface area (Å²) in [6, 6.07) is 7.34. The highest BCUT2D eigenvalue weighted by molar-refractivity contribution is 6.03. The molecule has 3 rings (SSSR count). The molecule has 1 aromatic rings. The summed E-state index contributed by atoms with van der Waals surface area (Å²) >= 11 is 0. The van der Waals surface area contributed by atoms with Crippen LogP contribution in [0.25, 0.3) is 0 Å². The minimum atomic E-state index is -1.79. The number of likely N-dealkylation sites (N-methyl/N-ethyl adjacent to an activating group) is 1. The van der Waals surface area contributed by atoms with Crippen LogP contribution in [0.5, 0.6) is 0 Å². The fraction of sp³-hybridized carbons (Fsp3) is 0.400. The molecule has 0 saturated heterocycles. The van der Waals surface area contributed by atoms with E-state index in [1.807, 2.05) is 30.3 Å². The van der Waals surface area contributed by atoms with Crippen LogP contribution in [-0.2, 0) is 9.53 Å². The van der Waals surface area contributed by atoms with Crippen molar-refractivity contribution in [3.63, 3.8) is 0 Å². The number of methoxy groups -OCH3 is 1. The minimum absolute atomic E-state index is 0.456. The van der Waals surface area contributed by atoms with Crippen LogP contribution in [0.1, 0.15) is 17.9 Å². The molecule has 0 aromatic heterocycles. The Balaban J connectivity index is 2.30. The van der Waals surface area contributed by atoms with E-state index in [0.29, 0.717) is 6.42 Å². The first kappa shape index (κ1) is 13.8. The van der Waals surface area contributed by atoms with Crippen molar-refractivity contribution < 1.29 is 14.5 Å². The van der Waals surface area contributed by atoms with Gasteiger partial charge in [0.2, 0.25) is 0 Å². The second-order valence-corrected chi connectivity index (χ2v) is 5.38. The van der Waals surface area contributed by atoms with Crippen LogP contribution in [0, 0.1) is 10.1 Å². The largest absolute Gasteiger partial charge is 0.369 e. The molecule has 110 valence electrons. The highest BCUT2D eigenvalue weighted by atomic mass is 16.6. The van der Waals surface area contributed by atoms with Gasteiger partial charge in [0, 0.05) is 24.8 Å².